The van der Waals surface area contributed by atoms with Gasteiger partial charge in [0.2, 0.25) is 0 Å². The zero-order valence-electron chi connectivity index (χ0n) is 10.5. The molecule has 1 spiro atoms. The van der Waals surface area contributed by atoms with Crippen LogP contribution in [0.25, 0.3) is 0 Å². The molecular formula is C12H22N2O2. The second-order valence-corrected chi connectivity index (χ2v) is 6.38. The Morgan fingerprint density at radius 2 is 1.94 bits per heavy atom. The largest absolute Gasteiger partial charge is 0.480 e. The lowest BCUT2D eigenvalue weighted by Crippen LogP contribution is -2.59. The molecule has 0 saturated carbocycles. The van der Waals surface area contributed by atoms with Gasteiger partial charge in [0.05, 0.1) is 6.54 Å². The summed E-state index contributed by atoms with van der Waals surface area (Å²) in [5, 5.41) is 8.71. The average molecular weight is 226 g/mol. The van der Waals surface area contributed by atoms with Crippen LogP contribution < -0.4 is 0 Å². The SMILES string of the molecule is CC(C)(C)N1CCC2(CN(CC(=O)O)C2)C1. The van der Waals surface area contributed by atoms with Crippen LogP contribution in [0.1, 0.15) is 27.2 Å². The van der Waals surface area contributed by atoms with Gasteiger partial charge in [0.15, 0.2) is 0 Å². The third kappa shape index (κ3) is 2.23. The van der Waals surface area contributed by atoms with E-state index < -0.39 is 5.97 Å². The third-order valence-corrected chi connectivity index (χ3v) is 3.86. The van der Waals surface area contributed by atoms with E-state index in [2.05, 4.69) is 25.7 Å². The predicted molar refractivity (Wildman–Crippen MR) is 62.5 cm³/mol. The molecule has 0 aromatic heterocycles. The fourth-order valence-electron chi connectivity index (χ4n) is 2.97. The fraction of sp³-hybridized carbons (Fsp3) is 0.917. The lowest BCUT2D eigenvalue weighted by atomic mass is 9.79. The Bertz CT molecular complexity index is 290. The number of likely N-dealkylation sites (tertiary alicyclic amines) is 2. The summed E-state index contributed by atoms with van der Waals surface area (Å²) in [6, 6.07) is 0. The number of nitrogens with zero attached hydrogens (tertiary/aromatic N) is 2. The highest BCUT2D eigenvalue weighted by Crippen LogP contribution is 2.41. The van der Waals surface area contributed by atoms with Crippen LogP contribution in [0.2, 0.25) is 0 Å². The topological polar surface area (TPSA) is 43.8 Å². The van der Waals surface area contributed by atoms with Crippen molar-refractivity contribution in [2.24, 2.45) is 5.41 Å². The van der Waals surface area contributed by atoms with Gasteiger partial charge in [0.25, 0.3) is 0 Å². The van der Waals surface area contributed by atoms with Gasteiger partial charge in [-0.3, -0.25) is 14.6 Å². The Morgan fingerprint density at radius 3 is 2.38 bits per heavy atom. The smallest absolute Gasteiger partial charge is 0.317 e. The van der Waals surface area contributed by atoms with E-state index in [1.165, 1.54) is 6.42 Å². The molecule has 1 N–H and O–H groups in total. The van der Waals surface area contributed by atoms with Crippen molar-refractivity contribution in [1.82, 2.24) is 9.80 Å². The molecule has 2 rings (SSSR count). The van der Waals surface area contributed by atoms with Gasteiger partial charge in [-0.2, -0.15) is 0 Å². The molecule has 0 aromatic rings. The number of aliphatic carboxylic acids is 1. The first-order valence-corrected chi connectivity index (χ1v) is 6.00. The van der Waals surface area contributed by atoms with Crippen LogP contribution >= 0.6 is 0 Å². The molecule has 0 aromatic carbocycles. The van der Waals surface area contributed by atoms with Gasteiger partial charge in [0.1, 0.15) is 0 Å². The lowest BCUT2D eigenvalue weighted by Gasteiger charge is -2.48. The molecule has 16 heavy (non-hydrogen) atoms. The van der Waals surface area contributed by atoms with Crippen LogP contribution in [0.15, 0.2) is 0 Å². The van der Waals surface area contributed by atoms with Crippen molar-refractivity contribution in [2.75, 3.05) is 32.7 Å². The summed E-state index contributed by atoms with van der Waals surface area (Å²) in [5.74, 6) is -0.708. The highest BCUT2D eigenvalue weighted by atomic mass is 16.4. The summed E-state index contributed by atoms with van der Waals surface area (Å²) >= 11 is 0. The van der Waals surface area contributed by atoms with Crippen LogP contribution in [0.3, 0.4) is 0 Å². The number of hydrogen-bond acceptors (Lipinski definition) is 3. The molecule has 2 aliphatic rings. The van der Waals surface area contributed by atoms with Crippen LogP contribution in [0.4, 0.5) is 0 Å². The van der Waals surface area contributed by atoms with E-state index in [1.807, 2.05) is 4.90 Å². The van der Waals surface area contributed by atoms with Gasteiger partial charge in [-0.1, -0.05) is 0 Å². The molecule has 2 saturated heterocycles. The highest BCUT2D eigenvalue weighted by molar-refractivity contribution is 5.69. The maximum absolute atomic E-state index is 10.6. The van der Waals surface area contributed by atoms with Crippen molar-refractivity contribution < 1.29 is 9.90 Å². The Morgan fingerprint density at radius 1 is 1.31 bits per heavy atom. The Balaban J connectivity index is 1.85. The van der Waals surface area contributed by atoms with E-state index >= 15 is 0 Å². The minimum Gasteiger partial charge on any atom is -0.480 e. The number of hydrogen-bond donors (Lipinski definition) is 1. The maximum Gasteiger partial charge on any atom is 0.317 e. The number of carboxylic acids is 1. The van der Waals surface area contributed by atoms with Crippen LogP contribution in [-0.4, -0.2) is 59.1 Å². The predicted octanol–water partition coefficient (Wildman–Crippen LogP) is 0.877. The summed E-state index contributed by atoms with van der Waals surface area (Å²) in [4.78, 5) is 15.1. The molecule has 2 fully saturated rings. The van der Waals surface area contributed by atoms with Crippen LogP contribution in [-0.2, 0) is 4.79 Å². The van der Waals surface area contributed by atoms with Gasteiger partial charge in [-0.25, -0.2) is 0 Å². The standard InChI is InChI=1S/C12H22N2O2/c1-11(2,3)14-5-4-12(9-14)7-13(8-12)6-10(15)16/h4-9H2,1-3H3,(H,15,16). The number of rotatable bonds is 2. The minimum absolute atomic E-state index is 0.206. The molecular weight excluding hydrogens is 204 g/mol. The maximum atomic E-state index is 10.6. The first-order chi connectivity index (χ1) is 7.31. The zero-order chi connectivity index (χ0) is 12.0. The van der Waals surface area contributed by atoms with E-state index in [1.54, 1.807) is 0 Å². The van der Waals surface area contributed by atoms with E-state index in [0.717, 1.165) is 26.2 Å². The monoisotopic (exact) mass is 226 g/mol. The zero-order valence-corrected chi connectivity index (χ0v) is 10.5. The Labute approximate surface area is 97.2 Å². The van der Waals surface area contributed by atoms with Crippen molar-refractivity contribution >= 4 is 5.97 Å². The van der Waals surface area contributed by atoms with Crippen molar-refractivity contribution in [3.63, 3.8) is 0 Å². The van der Waals surface area contributed by atoms with Crippen LogP contribution in [0, 0.1) is 5.41 Å². The molecule has 0 amide bonds. The van der Waals surface area contributed by atoms with Crippen molar-refractivity contribution in [2.45, 2.75) is 32.7 Å². The molecule has 0 radical (unpaired) electrons. The molecule has 0 bridgehead atoms. The van der Waals surface area contributed by atoms with Crippen molar-refractivity contribution in [3.05, 3.63) is 0 Å². The first-order valence-electron chi connectivity index (χ1n) is 6.00. The average Bonchev–Trinajstić information content (AvgIpc) is 2.45. The summed E-state index contributed by atoms with van der Waals surface area (Å²) in [6.07, 6.45) is 1.22. The normalized spacial score (nSPS) is 25.9. The van der Waals surface area contributed by atoms with E-state index in [9.17, 15) is 4.79 Å². The fourth-order valence-corrected chi connectivity index (χ4v) is 2.97. The molecule has 4 nitrogen and oxygen atoms in total. The number of carboxylic acid groups (broad SMARTS) is 1. The number of carbonyl (C=O) groups is 1. The Hall–Kier alpha value is -0.610. The first kappa shape index (κ1) is 11.9. The van der Waals surface area contributed by atoms with Crippen molar-refractivity contribution in [1.29, 1.82) is 0 Å². The Kier molecular flexibility index (Phi) is 2.75. The molecule has 2 aliphatic heterocycles. The second kappa shape index (κ2) is 3.70. The molecule has 2 heterocycles. The molecule has 92 valence electrons. The summed E-state index contributed by atoms with van der Waals surface area (Å²) in [5.41, 5.74) is 0.638. The quantitative estimate of drug-likeness (QED) is 0.759. The molecule has 0 atom stereocenters. The molecule has 4 heteroatoms. The summed E-state index contributed by atoms with van der Waals surface area (Å²) < 4.78 is 0. The minimum atomic E-state index is -0.708. The van der Waals surface area contributed by atoms with Gasteiger partial charge in [-0.05, 0) is 33.7 Å². The third-order valence-electron chi connectivity index (χ3n) is 3.86. The van der Waals surface area contributed by atoms with E-state index in [0.29, 0.717) is 5.41 Å². The van der Waals surface area contributed by atoms with Crippen molar-refractivity contribution in [3.8, 4) is 0 Å². The van der Waals surface area contributed by atoms with Gasteiger partial charge < -0.3 is 5.11 Å². The van der Waals surface area contributed by atoms with Gasteiger partial charge >= 0.3 is 5.97 Å². The molecule has 0 unspecified atom stereocenters. The van der Waals surface area contributed by atoms with E-state index in [-0.39, 0.29) is 12.1 Å². The van der Waals surface area contributed by atoms with Crippen LogP contribution in [0.5, 0.6) is 0 Å². The second-order valence-electron chi connectivity index (χ2n) is 6.38. The van der Waals surface area contributed by atoms with Gasteiger partial charge in [0, 0.05) is 30.6 Å². The molecule has 0 aliphatic carbocycles. The highest BCUT2D eigenvalue weighted by Gasteiger charge is 2.49. The van der Waals surface area contributed by atoms with E-state index in [4.69, 9.17) is 5.11 Å². The summed E-state index contributed by atoms with van der Waals surface area (Å²) in [6.45, 7) is 11.2. The van der Waals surface area contributed by atoms with Gasteiger partial charge in [-0.15, -0.1) is 0 Å². The summed E-state index contributed by atoms with van der Waals surface area (Å²) in [7, 11) is 0. The lowest BCUT2D eigenvalue weighted by molar-refractivity contribution is -0.141.